The van der Waals surface area contributed by atoms with Crippen LogP contribution in [0.15, 0.2) is 18.2 Å². The maximum Gasteiger partial charge on any atom is 0.255 e. The van der Waals surface area contributed by atoms with Crippen molar-refractivity contribution in [1.82, 2.24) is 4.90 Å². The molecular weight excluding hydrogens is 296 g/mol. The fourth-order valence-corrected chi connectivity index (χ4v) is 4.92. The van der Waals surface area contributed by atoms with E-state index in [0.29, 0.717) is 23.5 Å². The molecule has 0 saturated carbocycles. The van der Waals surface area contributed by atoms with Gasteiger partial charge in [-0.15, -0.1) is 0 Å². The van der Waals surface area contributed by atoms with Gasteiger partial charge in [0.2, 0.25) is 0 Å². The molecule has 5 nitrogen and oxygen atoms in total. The van der Waals surface area contributed by atoms with Crippen molar-refractivity contribution in [1.29, 1.82) is 0 Å². The number of hydrogen-bond acceptors (Lipinski definition) is 5. The summed E-state index contributed by atoms with van der Waals surface area (Å²) in [5.74, 6) is 0.901. The molecule has 1 aliphatic heterocycles. The second-order valence-corrected chi connectivity index (χ2v) is 8.28. The first-order valence-corrected chi connectivity index (χ1v) is 9.35. The monoisotopic (exact) mass is 314 g/mol. The number of rotatable bonds is 2. The molecule has 0 spiro atoms. The van der Waals surface area contributed by atoms with Crippen LogP contribution in [-0.4, -0.2) is 48.9 Å². The van der Waals surface area contributed by atoms with Gasteiger partial charge in [0, 0.05) is 35.6 Å². The molecule has 20 heavy (non-hydrogen) atoms. The molecule has 2 rings (SSSR count). The summed E-state index contributed by atoms with van der Waals surface area (Å²) >= 11 is 1.55. The zero-order chi connectivity index (χ0) is 14.9. The molecule has 1 unspecified atom stereocenters. The van der Waals surface area contributed by atoms with Crippen molar-refractivity contribution in [2.45, 2.75) is 12.3 Å². The average Bonchev–Trinajstić information content (AvgIpc) is 2.40. The fraction of sp³-hybridized carbons (Fsp3) is 0.462. The lowest BCUT2D eigenvalue weighted by Crippen LogP contribution is -2.49. The minimum absolute atomic E-state index is 0.271. The van der Waals surface area contributed by atoms with Crippen LogP contribution in [0.4, 0.5) is 5.69 Å². The number of nitrogens with zero attached hydrogens (tertiary/aromatic N) is 1. The van der Waals surface area contributed by atoms with Crippen LogP contribution in [0.2, 0.25) is 0 Å². The lowest BCUT2D eigenvalue weighted by atomic mass is 10.1. The van der Waals surface area contributed by atoms with Gasteiger partial charge < -0.3 is 10.6 Å². The summed E-state index contributed by atoms with van der Waals surface area (Å²) in [5, 5.41) is -0.753. The van der Waals surface area contributed by atoms with Gasteiger partial charge in [-0.05, 0) is 24.6 Å². The van der Waals surface area contributed by atoms with Crippen LogP contribution in [0.25, 0.3) is 0 Å². The summed E-state index contributed by atoms with van der Waals surface area (Å²) in [6, 6.07) is 5.07. The van der Waals surface area contributed by atoms with Crippen LogP contribution in [-0.2, 0) is 9.84 Å². The van der Waals surface area contributed by atoms with Crippen molar-refractivity contribution in [3.8, 4) is 0 Å². The summed E-state index contributed by atoms with van der Waals surface area (Å²) in [4.78, 5) is 14.0. The summed E-state index contributed by atoms with van der Waals surface area (Å²) in [6.07, 6.45) is 1.17. The molecule has 110 valence electrons. The molecule has 7 heteroatoms. The predicted octanol–water partition coefficient (Wildman–Crippen LogP) is 1.14. The minimum atomic E-state index is -3.29. The molecule has 2 N–H and O–H groups in total. The third-order valence-electron chi connectivity index (χ3n) is 3.37. The smallest absolute Gasteiger partial charge is 0.255 e. The van der Waals surface area contributed by atoms with E-state index in [2.05, 4.69) is 0 Å². The van der Waals surface area contributed by atoms with Crippen molar-refractivity contribution >= 4 is 33.2 Å². The fourth-order valence-electron chi connectivity index (χ4n) is 2.11. The summed E-state index contributed by atoms with van der Waals surface area (Å²) in [6.45, 7) is 2.30. The minimum Gasteiger partial charge on any atom is -0.398 e. The van der Waals surface area contributed by atoms with Crippen molar-refractivity contribution in [2.24, 2.45) is 0 Å². The van der Waals surface area contributed by atoms with E-state index >= 15 is 0 Å². The highest BCUT2D eigenvalue weighted by Crippen LogP contribution is 2.23. The van der Waals surface area contributed by atoms with Crippen molar-refractivity contribution < 1.29 is 13.2 Å². The van der Waals surface area contributed by atoms with Gasteiger partial charge in [0.1, 0.15) is 5.37 Å². The first kappa shape index (κ1) is 15.2. The number of benzene rings is 1. The number of amides is 1. The Kier molecular flexibility index (Phi) is 4.29. The Morgan fingerprint density at radius 2 is 2.15 bits per heavy atom. The standard InChI is InChI=1S/C13H18N2O3S2/c1-9-3-4-10(7-11(9)14)13(16)15-5-6-19-8-12(15)20(2,17)18/h3-4,7,12H,5-6,8,14H2,1-2H3. The van der Waals surface area contributed by atoms with E-state index in [4.69, 9.17) is 5.73 Å². The molecule has 1 amide bonds. The number of hydrogen-bond donors (Lipinski definition) is 1. The van der Waals surface area contributed by atoms with Gasteiger partial charge in [-0.2, -0.15) is 11.8 Å². The van der Waals surface area contributed by atoms with Gasteiger partial charge in [-0.3, -0.25) is 4.79 Å². The third kappa shape index (κ3) is 3.09. The SMILES string of the molecule is Cc1ccc(C(=O)N2CCSCC2S(C)(=O)=O)cc1N. The highest BCUT2D eigenvalue weighted by Gasteiger charge is 2.34. The topological polar surface area (TPSA) is 80.5 Å². The van der Waals surface area contributed by atoms with Crippen LogP contribution in [0, 0.1) is 6.92 Å². The summed E-state index contributed by atoms with van der Waals surface area (Å²) < 4.78 is 23.6. The Labute approximate surface area is 123 Å². The predicted molar refractivity (Wildman–Crippen MR) is 82.6 cm³/mol. The van der Waals surface area contributed by atoms with Crippen molar-refractivity contribution in [2.75, 3.05) is 30.0 Å². The lowest BCUT2D eigenvalue weighted by molar-refractivity contribution is 0.0749. The number of carbonyl (C=O) groups excluding carboxylic acids is 1. The number of sulfone groups is 1. The van der Waals surface area contributed by atoms with E-state index < -0.39 is 15.2 Å². The molecule has 1 atom stereocenters. The van der Waals surface area contributed by atoms with E-state index in [-0.39, 0.29) is 5.91 Å². The van der Waals surface area contributed by atoms with Crippen LogP contribution >= 0.6 is 11.8 Å². The molecule has 0 aromatic heterocycles. The zero-order valence-electron chi connectivity index (χ0n) is 11.5. The normalized spacial score (nSPS) is 19.9. The quantitative estimate of drug-likeness (QED) is 0.828. The second-order valence-electron chi connectivity index (χ2n) is 4.93. The van der Waals surface area contributed by atoms with Crippen molar-refractivity contribution in [3.63, 3.8) is 0 Å². The number of thioether (sulfide) groups is 1. The Morgan fingerprint density at radius 3 is 2.75 bits per heavy atom. The molecule has 1 heterocycles. The Hall–Kier alpha value is -1.21. The van der Waals surface area contributed by atoms with Gasteiger partial charge in [0.15, 0.2) is 9.84 Å². The molecule has 1 aromatic rings. The summed E-state index contributed by atoms with van der Waals surface area (Å²) in [5.41, 5.74) is 7.69. The first-order valence-electron chi connectivity index (χ1n) is 6.24. The first-order chi connectivity index (χ1) is 9.30. The van der Waals surface area contributed by atoms with Crippen molar-refractivity contribution in [3.05, 3.63) is 29.3 Å². The largest absolute Gasteiger partial charge is 0.398 e. The number of carbonyl (C=O) groups is 1. The van der Waals surface area contributed by atoms with Crippen LogP contribution < -0.4 is 5.73 Å². The molecular formula is C13H18N2O3S2. The zero-order valence-corrected chi connectivity index (χ0v) is 13.1. The maximum atomic E-state index is 12.5. The Balaban J connectivity index is 2.32. The van der Waals surface area contributed by atoms with Crippen LogP contribution in [0.1, 0.15) is 15.9 Å². The van der Waals surface area contributed by atoms with Gasteiger partial charge in [-0.1, -0.05) is 6.07 Å². The maximum absolute atomic E-state index is 12.5. The van der Waals surface area contributed by atoms with Gasteiger partial charge in [-0.25, -0.2) is 8.42 Å². The number of nitrogens with two attached hydrogens (primary N) is 1. The molecule has 0 aliphatic carbocycles. The molecule has 1 aliphatic rings. The number of anilines is 1. The van der Waals surface area contributed by atoms with E-state index in [9.17, 15) is 13.2 Å². The number of nitrogen functional groups attached to an aromatic ring is 1. The molecule has 1 saturated heterocycles. The highest BCUT2D eigenvalue weighted by atomic mass is 32.2. The Bertz CT molecular complexity index is 629. The molecule has 0 bridgehead atoms. The summed E-state index contributed by atoms with van der Waals surface area (Å²) in [7, 11) is -3.29. The molecule has 1 aromatic carbocycles. The lowest BCUT2D eigenvalue weighted by Gasteiger charge is -2.34. The second kappa shape index (κ2) is 5.65. The average molecular weight is 314 g/mol. The van der Waals surface area contributed by atoms with Crippen LogP contribution in [0.5, 0.6) is 0 Å². The molecule has 0 radical (unpaired) electrons. The van der Waals surface area contributed by atoms with Gasteiger partial charge in [0.05, 0.1) is 0 Å². The van der Waals surface area contributed by atoms with Gasteiger partial charge in [0.25, 0.3) is 5.91 Å². The highest BCUT2D eigenvalue weighted by molar-refractivity contribution is 8.00. The van der Waals surface area contributed by atoms with E-state index in [0.717, 1.165) is 11.3 Å². The van der Waals surface area contributed by atoms with Crippen LogP contribution in [0.3, 0.4) is 0 Å². The van der Waals surface area contributed by atoms with E-state index in [1.807, 2.05) is 6.92 Å². The van der Waals surface area contributed by atoms with E-state index in [1.54, 1.807) is 30.0 Å². The Morgan fingerprint density at radius 1 is 1.45 bits per heavy atom. The third-order valence-corrected chi connectivity index (χ3v) is 6.01. The number of aryl methyl sites for hydroxylation is 1. The van der Waals surface area contributed by atoms with E-state index in [1.165, 1.54) is 11.2 Å². The van der Waals surface area contributed by atoms with Gasteiger partial charge >= 0.3 is 0 Å². The molecule has 1 fully saturated rings.